The van der Waals surface area contributed by atoms with Gasteiger partial charge < -0.3 is 5.32 Å². The highest BCUT2D eigenvalue weighted by atomic mass is 79.9. The first kappa shape index (κ1) is 16.6. The van der Waals surface area contributed by atoms with Crippen LogP contribution < -0.4 is 10.0 Å². The van der Waals surface area contributed by atoms with E-state index in [4.69, 9.17) is 0 Å². The molecular weight excluding hydrogens is 366 g/mol. The van der Waals surface area contributed by atoms with Crippen LogP contribution in [0.4, 0.5) is 14.5 Å². The Morgan fingerprint density at radius 2 is 1.95 bits per heavy atom. The molecule has 1 heterocycles. The van der Waals surface area contributed by atoms with Gasteiger partial charge in [-0.15, -0.1) is 0 Å². The van der Waals surface area contributed by atoms with Crippen LogP contribution >= 0.6 is 15.9 Å². The van der Waals surface area contributed by atoms with Crippen LogP contribution in [0.5, 0.6) is 0 Å². The summed E-state index contributed by atoms with van der Waals surface area (Å²) in [5, 5.41) is 3.24. The molecule has 1 fully saturated rings. The monoisotopic (exact) mass is 382 g/mol. The van der Waals surface area contributed by atoms with Crippen molar-refractivity contribution in [2.75, 3.05) is 17.0 Å². The minimum atomic E-state index is -3.78. The summed E-state index contributed by atoms with van der Waals surface area (Å²) in [6, 6.07) is 2.18. The quantitative estimate of drug-likeness (QED) is 0.822. The van der Waals surface area contributed by atoms with Gasteiger partial charge in [-0.3, -0.25) is 4.72 Å². The second-order valence-corrected chi connectivity index (χ2v) is 7.86. The maximum atomic E-state index is 13.6. The van der Waals surface area contributed by atoms with E-state index in [9.17, 15) is 17.2 Å². The van der Waals surface area contributed by atoms with Crippen molar-refractivity contribution < 1.29 is 17.2 Å². The highest BCUT2D eigenvalue weighted by Gasteiger charge is 2.20. The molecule has 118 valence electrons. The molecule has 1 aromatic carbocycles. The Bertz CT molecular complexity index is 581. The van der Waals surface area contributed by atoms with Crippen LogP contribution in [0.25, 0.3) is 0 Å². The van der Waals surface area contributed by atoms with Crippen LogP contribution in [0.2, 0.25) is 0 Å². The molecule has 1 atom stereocenters. The van der Waals surface area contributed by atoms with Crippen molar-refractivity contribution in [1.29, 1.82) is 0 Å². The zero-order valence-electron chi connectivity index (χ0n) is 11.3. The first-order valence-electron chi connectivity index (χ1n) is 6.76. The Morgan fingerprint density at radius 3 is 2.52 bits per heavy atom. The minimum absolute atomic E-state index is 0.148. The summed E-state index contributed by atoms with van der Waals surface area (Å²) in [5.41, 5.74) is -0.630. The summed E-state index contributed by atoms with van der Waals surface area (Å²) in [6.45, 7) is 0.883. The standard InChI is InChI=1S/C13H17BrF2N2O2S/c14-9-7-11(15)13(12(16)8-9)18-21(19,20)6-4-10-3-1-2-5-17-10/h7-8,10,17-18H,1-6H2. The molecule has 0 bridgehead atoms. The summed E-state index contributed by atoms with van der Waals surface area (Å²) in [6.07, 6.45) is 3.52. The molecule has 0 amide bonds. The summed E-state index contributed by atoms with van der Waals surface area (Å²) >= 11 is 2.94. The van der Waals surface area contributed by atoms with Crippen molar-refractivity contribution in [1.82, 2.24) is 5.32 Å². The molecule has 0 aliphatic carbocycles. The largest absolute Gasteiger partial charge is 0.314 e. The van der Waals surface area contributed by atoms with Gasteiger partial charge in [0.15, 0.2) is 11.6 Å². The lowest BCUT2D eigenvalue weighted by Gasteiger charge is -2.23. The predicted molar refractivity (Wildman–Crippen MR) is 81.7 cm³/mol. The van der Waals surface area contributed by atoms with E-state index in [1.807, 2.05) is 4.72 Å². The first-order chi connectivity index (χ1) is 9.87. The number of piperidine rings is 1. The van der Waals surface area contributed by atoms with Crippen LogP contribution in [0.15, 0.2) is 16.6 Å². The Morgan fingerprint density at radius 1 is 1.29 bits per heavy atom. The lowest BCUT2D eigenvalue weighted by molar-refractivity contribution is 0.393. The normalized spacial score (nSPS) is 19.5. The molecule has 2 rings (SSSR count). The zero-order valence-corrected chi connectivity index (χ0v) is 13.7. The third-order valence-electron chi connectivity index (χ3n) is 3.41. The average molecular weight is 383 g/mol. The number of halogens is 3. The number of hydrogen-bond acceptors (Lipinski definition) is 3. The zero-order chi connectivity index (χ0) is 15.5. The number of benzene rings is 1. The summed E-state index contributed by atoms with van der Waals surface area (Å²) in [4.78, 5) is 0. The van der Waals surface area contributed by atoms with E-state index in [0.29, 0.717) is 6.42 Å². The van der Waals surface area contributed by atoms with Crippen LogP contribution in [0.3, 0.4) is 0 Å². The lowest BCUT2D eigenvalue weighted by atomic mass is 10.0. The minimum Gasteiger partial charge on any atom is -0.314 e. The van der Waals surface area contributed by atoms with Gasteiger partial charge in [0, 0.05) is 10.5 Å². The van der Waals surface area contributed by atoms with Crippen LogP contribution in [0, 0.1) is 11.6 Å². The van der Waals surface area contributed by atoms with E-state index in [-0.39, 0.29) is 16.3 Å². The molecule has 1 saturated heterocycles. The fourth-order valence-corrected chi connectivity index (χ4v) is 3.92. The Kier molecular flexibility index (Phi) is 5.56. The topological polar surface area (TPSA) is 58.2 Å². The van der Waals surface area contributed by atoms with Gasteiger partial charge >= 0.3 is 0 Å². The second kappa shape index (κ2) is 7.02. The van der Waals surface area contributed by atoms with Gasteiger partial charge in [0.1, 0.15) is 5.69 Å². The summed E-state index contributed by atoms with van der Waals surface area (Å²) < 4.78 is 53.4. The molecule has 1 aromatic rings. The van der Waals surface area contributed by atoms with E-state index in [0.717, 1.165) is 37.9 Å². The number of anilines is 1. The van der Waals surface area contributed by atoms with Gasteiger partial charge in [0.05, 0.1) is 5.75 Å². The van der Waals surface area contributed by atoms with Crippen molar-refractivity contribution in [3.8, 4) is 0 Å². The van der Waals surface area contributed by atoms with Crippen molar-refractivity contribution in [3.05, 3.63) is 28.2 Å². The smallest absolute Gasteiger partial charge is 0.232 e. The molecule has 1 aliphatic heterocycles. The van der Waals surface area contributed by atoms with Gasteiger partial charge in [-0.05, 0) is 37.9 Å². The average Bonchev–Trinajstić information content (AvgIpc) is 2.42. The highest BCUT2D eigenvalue weighted by Crippen LogP contribution is 2.25. The third-order valence-corrected chi connectivity index (χ3v) is 5.16. The number of hydrogen-bond donors (Lipinski definition) is 2. The molecule has 8 heteroatoms. The van der Waals surface area contributed by atoms with Gasteiger partial charge in [-0.25, -0.2) is 17.2 Å². The summed E-state index contributed by atoms with van der Waals surface area (Å²) in [5.74, 6) is -2.05. The fraction of sp³-hybridized carbons (Fsp3) is 0.538. The molecule has 0 spiro atoms. The van der Waals surface area contributed by atoms with Crippen molar-refractivity contribution in [2.24, 2.45) is 0 Å². The number of nitrogens with one attached hydrogen (secondary N) is 2. The Labute approximate surface area is 131 Å². The Hall–Kier alpha value is -0.730. The number of rotatable bonds is 5. The second-order valence-electron chi connectivity index (χ2n) is 5.10. The summed E-state index contributed by atoms with van der Waals surface area (Å²) in [7, 11) is -3.78. The van der Waals surface area contributed by atoms with E-state index >= 15 is 0 Å². The predicted octanol–water partition coefficient (Wildman–Crippen LogP) is 3.00. The lowest BCUT2D eigenvalue weighted by Crippen LogP contribution is -2.36. The van der Waals surface area contributed by atoms with Crippen LogP contribution in [0.1, 0.15) is 25.7 Å². The Balaban J connectivity index is 2.00. The molecule has 21 heavy (non-hydrogen) atoms. The SMILES string of the molecule is O=S(=O)(CCC1CCCCN1)Nc1c(F)cc(Br)cc1F. The maximum Gasteiger partial charge on any atom is 0.232 e. The van der Waals surface area contributed by atoms with Gasteiger partial charge in [0.2, 0.25) is 10.0 Å². The molecule has 2 N–H and O–H groups in total. The van der Waals surface area contributed by atoms with Crippen LogP contribution in [-0.4, -0.2) is 26.8 Å². The van der Waals surface area contributed by atoms with E-state index in [1.54, 1.807) is 0 Å². The van der Waals surface area contributed by atoms with Gasteiger partial charge in [-0.2, -0.15) is 0 Å². The molecule has 0 saturated carbocycles. The van der Waals surface area contributed by atoms with E-state index in [1.165, 1.54) is 0 Å². The molecule has 4 nitrogen and oxygen atoms in total. The number of sulfonamides is 1. The van der Waals surface area contributed by atoms with Gasteiger partial charge in [-0.1, -0.05) is 22.4 Å². The van der Waals surface area contributed by atoms with E-state index < -0.39 is 27.3 Å². The molecule has 1 aliphatic rings. The molecule has 1 unspecified atom stereocenters. The van der Waals surface area contributed by atoms with Crippen molar-refractivity contribution in [2.45, 2.75) is 31.7 Å². The third kappa shape index (κ3) is 4.89. The first-order valence-corrected chi connectivity index (χ1v) is 9.20. The molecular formula is C13H17BrF2N2O2S. The van der Waals surface area contributed by atoms with E-state index in [2.05, 4.69) is 21.2 Å². The molecule has 0 aromatic heterocycles. The fourth-order valence-electron chi connectivity index (χ4n) is 2.31. The maximum absolute atomic E-state index is 13.6. The highest BCUT2D eigenvalue weighted by molar-refractivity contribution is 9.10. The van der Waals surface area contributed by atoms with Crippen LogP contribution in [-0.2, 0) is 10.0 Å². The van der Waals surface area contributed by atoms with Gasteiger partial charge in [0.25, 0.3) is 0 Å². The van der Waals surface area contributed by atoms with Crippen molar-refractivity contribution >= 4 is 31.6 Å². The van der Waals surface area contributed by atoms with Crippen molar-refractivity contribution in [3.63, 3.8) is 0 Å². The molecule has 0 radical (unpaired) electrons.